The molecule has 0 unspecified atom stereocenters. The van der Waals surface area contributed by atoms with E-state index < -0.39 is 22.0 Å². The number of unbranched alkanes of at least 4 members (excludes halogenated alkanes) is 13. The van der Waals surface area contributed by atoms with Crippen LogP contribution in [-0.4, -0.2) is 36.5 Å². The first-order valence-corrected chi connectivity index (χ1v) is 13.4. The van der Waals surface area contributed by atoms with Gasteiger partial charge in [-0.2, -0.15) is 0 Å². The number of nitrogens with zero attached hydrogens (tertiary/aromatic N) is 1. The van der Waals surface area contributed by atoms with E-state index in [4.69, 9.17) is 5.11 Å². The molecule has 178 valence electrons. The Morgan fingerprint density at radius 3 is 1.59 bits per heavy atom. The number of benzene rings is 1. The summed E-state index contributed by atoms with van der Waals surface area (Å²) < 4.78 is 33.7. The van der Waals surface area contributed by atoms with E-state index in [9.17, 15) is 17.8 Å². The first-order valence-electron chi connectivity index (χ1n) is 11.9. The van der Waals surface area contributed by atoms with Gasteiger partial charge in [-0.05, 0) is 30.7 Å². The standard InChI is InChI=1S/C24H41NO5S.Na/c1-2-3-4-5-6-7-8-9-10-11-12-13-14-15-20-25(21-31(28,29)30)23-18-16-22(17-19-23)24(26)27;/h16-19H,2-15,20-21H2,1H3,(H,26,27)(H,28,29,30);/q;+1/p-1. The Morgan fingerprint density at radius 1 is 0.812 bits per heavy atom. The summed E-state index contributed by atoms with van der Waals surface area (Å²) in [7, 11) is -4.41. The van der Waals surface area contributed by atoms with Gasteiger partial charge in [0.05, 0.1) is 5.56 Å². The Kier molecular flexibility index (Phi) is 18.4. The predicted octanol–water partition coefficient (Wildman–Crippen LogP) is 3.18. The van der Waals surface area contributed by atoms with Crippen molar-refractivity contribution in [3.8, 4) is 0 Å². The van der Waals surface area contributed by atoms with Crippen LogP contribution in [0.2, 0.25) is 0 Å². The van der Waals surface area contributed by atoms with Crippen molar-refractivity contribution < 1.29 is 52.4 Å². The van der Waals surface area contributed by atoms with E-state index >= 15 is 0 Å². The zero-order chi connectivity index (χ0) is 23.0. The number of carbonyl (C=O) groups is 1. The molecule has 1 aromatic carbocycles. The molecule has 1 rings (SSSR count). The normalized spacial score (nSPS) is 11.2. The quantitative estimate of drug-likeness (QED) is 0.187. The van der Waals surface area contributed by atoms with Crippen LogP contribution in [0.1, 0.15) is 107 Å². The van der Waals surface area contributed by atoms with Crippen molar-refractivity contribution in [3.63, 3.8) is 0 Å². The van der Waals surface area contributed by atoms with Gasteiger partial charge in [0.25, 0.3) is 0 Å². The second-order valence-electron chi connectivity index (χ2n) is 8.40. The molecule has 8 heteroatoms. The average Bonchev–Trinajstić information content (AvgIpc) is 2.72. The topological polar surface area (TPSA) is 97.7 Å². The van der Waals surface area contributed by atoms with Crippen LogP contribution in [0.25, 0.3) is 0 Å². The summed E-state index contributed by atoms with van der Waals surface area (Å²) in [5.41, 5.74) is 0.685. The Bertz CT molecular complexity index is 710. The van der Waals surface area contributed by atoms with Crippen LogP contribution in [0.3, 0.4) is 0 Å². The van der Waals surface area contributed by atoms with Gasteiger partial charge < -0.3 is 14.6 Å². The van der Waals surface area contributed by atoms with Crippen LogP contribution >= 0.6 is 0 Å². The van der Waals surface area contributed by atoms with E-state index in [2.05, 4.69) is 6.92 Å². The third-order valence-corrected chi connectivity index (χ3v) is 6.20. The maximum Gasteiger partial charge on any atom is 1.00 e. The molecule has 0 saturated heterocycles. The molecule has 0 atom stereocenters. The predicted molar refractivity (Wildman–Crippen MR) is 126 cm³/mol. The zero-order valence-corrected chi connectivity index (χ0v) is 22.9. The molecule has 0 spiro atoms. The molecule has 1 N–H and O–H groups in total. The minimum Gasteiger partial charge on any atom is -0.747 e. The molecule has 0 aliphatic heterocycles. The average molecular weight is 478 g/mol. The van der Waals surface area contributed by atoms with E-state index in [-0.39, 0.29) is 35.1 Å². The molecule has 0 aromatic heterocycles. The van der Waals surface area contributed by atoms with Gasteiger partial charge >= 0.3 is 35.5 Å². The van der Waals surface area contributed by atoms with Crippen LogP contribution in [0.4, 0.5) is 5.69 Å². The minimum atomic E-state index is -4.41. The number of hydrogen-bond acceptors (Lipinski definition) is 5. The number of hydrogen-bond donors (Lipinski definition) is 1. The maximum atomic E-state index is 11.2. The molecule has 32 heavy (non-hydrogen) atoms. The van der Waals surface area contributed by atoms with Crippen molar-refractivity contribution in [1.82, 2.24) is 0 Å². The SMILES string of the molecule is CCCCCCCCCCCCCCCCN(CS(=O)(=O)[O-])c1ccc(C(=O)O)cc1.[Na+]. The third-order valence-electron chi connectivity index (χ3n) is 5.57. The van der Waals surface area contributed by atoms with Gasteiger partial charge in [0.2, 0.25) is 0 Å². The molecule has 0 radical (unpaired) electrons. The van der Waals surface area contributed by atoms with E-state index in [1.54, 1.807) is 12.1 Å². The first-order chi connectivity index (χ1) is 14.8. The zero-order valence-electron chi connectivity index (χ0n) is 20.1. The number of carboxylic acids is 1. The van der Waals surface area contributed by atoms with Gasteiger partial charge in [0, 0.05) is 12.2 Å². The second-order valence-corrected chi connectivity index (χ2v) is 9.77. The van der Waals surface area contributed by atoms with Crippen molar-refractivity contribution >= 4 is 21.8 Å². The van der Waals surface area contributed by atoms with Gasteiger partial charge in [0.15, 0.2) is 0 Å². The molecule has 0 bridgehead atoms. The number of anilines is 1. The van der Waals surface area contributed by atoms with E-state index in [1.165, 1.54) is 87.7 Å². The Balaban J connectivity index is 0.00000961. The third kappa shape index (κ3) is 16.1. The second kappa shape index (κ2) is 18.8. The maximum absolute atomic E-state index is 11.2. The molecule has 0 aliphatic carbocycles. The summed E-state index contributed by atoms with van der Waals surface area (Å²) in [6.07, 6.45) is 17.4. The van der Waals surface area contributed by atoms with Crippen LogP contribution in [0, 0.1) is 0 Å². The molecule has 0 heterocycles. The summed E-state index contributed by atoms with van der Waals surface area (Å²) in [6.45, 7) is 2.71. The number of carboxylic acid groups (broad SMARTS) is 1. The van der Waals surface area contributed by atoms with Crippen molar-refractivity contribution in [2.45, 2.75) is 96.8 Å². The fourth-order valence-corrected chi connectivity index (χ4v) is 4.43. The van der Waals surface area contributed by atoms with Gasteiger partial charge in [-0.3, -0.25) is 0 Å². The summed E-state index contributed by atoms with van der Waals surface area (Å²) in [5, 5.41) is 8.99. The molecule has 0 amide bonds. The molecule has 1 aromatic rings. The molecular weight excluding hydrogens is 437 g/mol. The summed E-state index contributed by atoms with van der Waals surface area (Å²) >= 11 is 0. The molecular formula is C24H40NNaO5S. The fourth-order valence-electron chi connectivity index (χ4n) is 3.77. The number of aromatic carboxylic acids is 1. The summed E-state index contributed by atoms with van der Waals surface area (Å²) in [5.74, 6) is -1.64. The van der Waals surface area contributed by atoms with Gasteiger partial charge in [0.1, 0.15) is 16.0 Å². The minimum absolute atomic E-state index is 0. The molecule has 6 nitrogen and oxygen atoms in total. The van der Waals surface area contributed by atoms with Crippen molar-refractivity contribution in [3.05, 3.63) is 29.8 Å². The summed E-state index contributed by atoms with van der Waals surface area (Å²) in [4.78, 5) is 12.5. The largest absolute Gasteiger partial charge is 1.00 e. The van der Waals surface area contributed by atoms with Crippen molar-refractivity contribution in [1.29, 1.82) is 0 Å². The van der Waals surface area contributed by atoms with Crippen LogP contribution in [0.15, 0.2) is 24.3 Å². The Labute approximate surface area is 217 Å². The van der Waals surface area contributed by atoms with Gasteiger partial charge in [-0.25, -0.2) is 13.2 Å². The Hall–Kier alpha value is -0.600. The van der Waals surface area contributed by atoms with Crippen LogP contribution in [-0.2, 0) is 10.1 Å². The Morgan fingerprint density at radius 2 is 1.22 bits per heavy atom. The van der Waals surface area contributed by atoms with E-state index in [0.717, 1.165) is 19.3 Å². The van der Waals surface area contributed by atoms with Crippen LogP contribution in [0.5, 0.6) is 0 Å². The summed E-state index contributed by atoms with van der Waals surface area (Å²) in [6, 6.07) is 5.96. The van der Waals surface area contributed by atoms with Crippen LogP contribution < -0.4 is 34.5 Å². The first kappa shape index (κ1) is 31.4. The molecule has 0 fully saturated rings. The van der Waals surface area contributed by atoms with E-state index in [1.807, 2.05) is 0 Å². The molecule has 0 saturated carbocycles. The number of rotatable bonds is 19. The van der Waals surface area contributed by atoms with E-state index in [0.29, 0.717) is 12.2 Å². The van der Waals surface area contributed by atoms with Gasteiger partial charge in [-0.15, -0.1) is 0 Å². The molecule has 0 aliphatic rings. The van der Waals surface area contributed by atoms with Crippen molar-refractivity contribution in [2.24, 2.45) is 0 Å². The fraction of sp³-hybridized carbons (Fsp3) is 0.708. The van der Waals surface area contributed by atoms with Crippen molar-refractivity contribution in [2.75, 3.05) is 17.3 Å². The smallest absolute Gasteiger partial charge is 0.747 e. The monoisotopic (exact) mass is 477 g/mol. The van der Waals surface area contributed by atoms with Gasteiger partial charge in [-0.1, -0.05) is 90.4 Å².